The van der Waals surface area contributed by atoms with Crippen molar-refractivity contribution in [3.05, 3.63) is 59.2 Å². The maximum absolute atomic E-state index is 12.2. The number of nitrogens with zero attached hydrogens (tertiary/aromatic N) is 1. The van der Waals surface area contributed by atoms with Crippen LogP contribution in [0.5, 0.6) is 5.75 Å². The summed E-state index contributed by atoms with van der Waals surface area (Å²) in [6.45, 7) is 0.664. The van der Waals surface area contributed by atoms with Gasteiger partial charge in [-0.15, -0.1) is 0 Å². The van der Waals surface area contributed by atoms with Crippen LogP contribution in [0.15, 0.2) is 42.5 Å². The van der Waals surface area contributed by atoms with Crippen molar-refractivity contribution in [2.45, 2.75) is 6.42 Å². The summed E-state index contributed by atoms with van der Waals surface area (Å²) < 4.78 is 5.41. The minimum atomic E-state index is -0.220. The van der Waals surface area contributed by atoms with E-state index in [1.807, 2.05) is 12.1 Å². The molecule has 0 bridgehead atoms. The van der Waals surface area contributed by atoms with Gasteiger partial charge < -0.3 is 10.1 Å². The normalized spacial score (nSPS) is 12.2. The Bertz CT molecular complexity index is 717. The molecule has 0 unspecified atom stereocenters. The van der Waals surface area contributed by atoms with E-state index in [1.54, 1.807) is 30.3 Å². The van der Waals surface area contributed by atoms with Crippen LogP contribution in [0.4, 0.5) is 5.69 Å². The summed E-state index contributed by atoms with van der Waals surface area (Å²) in [5.41, 5.74) is 2.59. The van der Waals surface area contributed by atoms with Gasteiger partial charge >= 0.3 is 0 Å². The lowest BCUT2D eigenvalue weighted by atomic mass is 10.1. The number of amides is 1. The Balaban J connectivity index is 1.85. The van der Waals surface area contributed by atoms with E-state index in [2.05, 4.69) is 11.4 Å². The average molecular weight is 264 g/mol. The van der Waals surface area contributed by atoms with Crippen LogP contribution in [-0.2, 0) is 6.42 Å². The topological polar surface area (TPSA) is 62.1 Å². The molecule has 0 spiro atoms. The lowest BCUT2D eigenvalue weighted by Crippen LogP contribution is -2.13. The molecule has 0 radical (unpaired) electrons. The first-order valence-electron chi connectivity index (χ1n) is 6.34. The van der Waals surface area contributed by atoms with Crippen molar-refractivity contribution in [1.82, 2.24) is 0 Å². The third kappa shape index (κ3) is 2.21. The fourth-order valence-electron chi connectivity index (χ4n) is 2.21. The second-order valence-corrected chi connectivity index (χ2v) is 4.53. The second kappa shape index (κ2) is 5.06. The Morgan fingerprint density at radius 3 is 2.95 bits per heavy atom. The van der Waals surface area contributed by atoms with Crippen molar-refractivity contribution >= 4 is 11.6 Å². The Morgan fingerprint density at radius 2 is 2.10 bits per heavy atom. The molecule has 1 amide bonds. The Hall–Kier alpha value is -2.80. The van der Waals surface area contributed by atoms with Crippen molar-refractivity contribution in [3.63, 3.8) is 0 Å². The minimum Gasteiger partial charge on any atom is -0.493 e. The van der Waals surface area contributed by atoms with Gasteiger partial charge in [-0.1, -0.05) is 12.1 Å². The Kier molecular flexibility index (Phi) is 3.10. The molecule has 1 N–H and O–H groups in total. The maximum Gasteiger partial charge on any atom is 0.255 e. The molecule has 1 heterocycles. The minimum absolute atomic E-state index is 0.220. The Labute approximate surface area is 116 Å². The van der Waals surface area contributed by atoms with Gasteiger partial charge in [0, 0.05) is 12.0 Å². The fourth-order valence-corrected chi connectivity index (χ4v) is 2.21. The number of rotatable bonds is 2. The van der Waals surface area contributed by atoms with Crippen LogP contribution in [0.1, 0.15) is 21.5 Å². The van der Waals surface area contributed by atoms with Gasteiger partial charge in [-0.25, -0.2) is 0 Å². The van der Waals surface area contributed by atoms with Gasteiger partial charge in [0.25, 0.3) is 5.91 Å². The molecule has 4 nitrogen and oxygen atoms in total. The van der Waals surface area contributed by atoms with Crippen LogP contribution in [0.2, 0.25) is 0 Å². The summed E-state index contributed by atoms with van der Waals surface area (Å²) >= 11 is 0. The molecule has 98 valence electrons. The van der Waals surface area contributed by atoms with Gasteiger partial charge in [-0.2, -0.15) is 5.26 Å². The van der Waals surface area contributed by atoms with Crippen LogP contribution >= 0.6 is 0 Å². The zero-order valence-corrected chi connectivity index (χ0v) is 10.7. The maximum atomic E-state index is 12.2. The molecule has 20 heavy (non-hydrogen) atoms. The highest BCUT2D eigenvalue weighted by molar-refractivity contribution is 6.05. The van der Waals surface area contributed by atoms with E-state index in [0.717, 1.165) is 17.7 Å². The highest BCUT2D eigenvalue weighted by atomic mass is 16.5. The number of nitrogens with one attached hydrogen (secondary N) is 1. The Morgan fingerprint density at radius 1 is 1.25 bits per heavy atom. The smallest absolute Gasteiger partial charge is 0.255 e. The average Bonchev–Trinajstić information content (AvgIpc) is 2.95. The van der Waals surface area contributed by atoms with E-state index in [9.17, 15) is 4.79 Å². The molecule has 0 aromatic heterocycles. The van der Waals surface area contributed by atoms with E-state index in [4.69, 9.17) is 10.00 Å². The molecule has 3 rings (SSSR count). The molecular formula is C16H12N2O2. The molecule has 0 saturated heterocycles. The fraction of sp³-hybridized carbons (Fsp3) is 0.125. The monoisotopic (exact) mass is 264 g/mol. The predicted octanol–water partition coefficient (Wildman–Crippen LogP) is 2.75. The zero-order chi connectivity index (χ0) is 13.9. The molecule has 0 fully saturated rings. The first-order valence-corrected chi connectivity index (χ1v) is 6.34. The van der Waals surface area contributed by atoms with Gasteiger partial charge in [-0.3, -0.25) is 4.79 Å². The van der Waals surface area contributed by atoms with Crippen molar-refractivity contribution < 1.29 is 9.53 Å². The number of para-hydroxylation sites is 1. The summed E-state index contributed by atoms with van der Waals surface area (Å²) in [6.07, 6.45) is 0.825. The molecule has 2 aromatic carbocycles. The third-order valence-electron chi connectivity index (χ3n) is 3.25. The van der Waals surface area contributed by atoms with Crippen LogP contribution in [0.25, 0.3) is 0 Å². The van der Waals surface area contributed by atoms with E-state index in [1.165, 1.54) is 0 Å². The van der Waals surface area contributed by atoms with Crippen molar-refractivity contribution in [2.24, 2.45) is 0 Å². The van der Waals surface area contributed by atoms with Crippen LogP contribution < -0.4 is 10.1 Å². The third-order valence-corrected chi connectivity index (χ3v) is 3.25. The number of nitriles is 1. The van der Waals surface area contributed by atoms with E-state index < -0.39 is 0 Å². The number of anilines is 1. The highest BCUT2D eigenvalue weighted by Crippen LogP contribution is 2.26. The molecule has 0 saturated carbocycles. The predicted molar refractivity (Wildman–Crippen MR) is 74.8 cm³/mol. The number of hydrogen-bond donors (Lipinski definition) is 1. The summed E-state index contributed by atoms with van der Waals surface area (Å²) in [7, 11) is 0. The van der Waals surface area contributed by atoms with Crippen LogP contribution in [0, 0.1) is 11.3 Å². The summed E-state index contributed by atoms with van der Waals surface area (Å²) in [6, 6.07) is 14.4. The second-order valence-electron chi connectivity index (χ2n) is 4.53. The lowest BCUT2D eigenvalue weighted by Gasteiger charge is -2.07. The first kappa shape index (κ1) is 12.2. The molecule has 0 aliphatic carbocycles. The largest absolute Gasteiger partial charge is 0.493 e. The quantitative estimate of drug-likeness (QED) is 0.907. The van der Waals surface area contributed by atoms with Gasteiger partial charge in [0.2, 0.25) is 0 Å². The molecule has 4 heteroatoms. The van der Waals surface area contributed by atoms with Crippen LogP contribution in [-0.4, -0.2) is 12.5 Å². The zero-order valence-electron chi connectivity index (χ0n) is 10.7. The van der Waals surface area contributed by atoms with Gasteiger partial charge in [-0.05, 0) is 35.9 Å². The van der Waals surface area contributed by atoms with Gasteiger partial charge in [0.05, 0.1) is 17.9 Å². The van der Waals surface area contributed by atoms with Crippen LogP contribution in [0.3, 0.4) is 0 Å². The van der Waals surface area contributed by atoms with Crippen molar-refractivity contribution in [2.75, 3.05) is 11.9 Å². The summed E-state index contributed by atoms with van der Waals surface area (Å²) in [4.78, 5) is 12.2. The van der Waals surface area contributed by atoms with E-state index in [-0.39, 0.29) is 5.91 Å². The van der Waals surface area contributed by atoms with Crippen molar-refractivity contribution in [3.8, 4) is 11.8 Å². The molecule has 2 aromatic rings. The molecule has 1 aliphatic heterocycles. The SMILES string of the molecule is N#Cc1ccccc1NC(=O)c1ccc2c(c1)CCO2. The first-order chi connectivity index (χ1) is 9.78. The van der Waals surface area contributed by atoms with Gasteiger partial charge in [0.15, 0.2) is 0 Å². The molecule has 0 atom stereocenters. The number of hydrogen-bond acceptors (Lipinski definition) is 3. The summed E-state index contributed by atoms with van der Waals surface area (Å²) in [5, 5.41) is 11.8. The van der Waals surface area contributed by atoms with Gasteiger partial charge in [0.1, 0.15) is 11.8 Å². The van der Waals surface area contributed by atoms with E-state index in [0.29, 0.717) is 23.4 Å². The number of carbonyl (C=O) groups excluding carboxylic acids is 1. The number of ether oxygens (including phenoxy) is 1. The number of benzene rings is 2. The highest BCUT2D eigenvalue weighted by Gasteiger charge is 2.15. The summed E-state index contributed by atoms with van der Waals surface area (Å²) in [5.74, 6) is 0.626. The number of carbonyl (C=O) groups is 1. The molecular weight excluding hydrogens is 252 g/mol. The van der Waals surface area contributed by atoms with Crippen molar-refractivity contribution in [1.29, 1.82) is 5.26 Å². The lowest BCUT2D eigenvalue weighted by molar-refractivity contribution is 0.102. The van der Waals surface area contributed by atoms with E-state index >= 15 is 0 Å². The molecule has 1 aliphatic rings. The number of fused-ring (bicyclic) bond motifs is 1. The standard InChI is InChI=1S/C16H12N2O2/c17-10-13-3-1-2-4-14(13)18-16(19)12-5-6-15-11(9-12)7-8-20-15/h1-6,9H,7-8H2,(H,18,19).